The minimum atomic E-state index is -0.577. The number of fused-ring (bicyclic) bond motifs is 14. The zero-order chi connectivity index (χ0) is 39.4. The number of nitrogens with zero attached hydrogens (tertiary/aromatic N) is 1. The lowest BCUT2D eigenvalue weighted by Gasteiger charge is -2.36. The molecule has 0 amide bonds. The van der Waals surface area contributed by atoms with Crippen molar-refractivity contribution >= 4 is 27.8 Å². The number of benzene rings is 10. The summed E-state index contributed by atoms with van der Waals surface area (Å²) in [5, 5.41) is 2.69. The van der Waals surface area contributed by atoms with Crippen LogP contribution in [0.15, 0.2) is 224 Å². The van der Waals surface area contributed by atoms with Crippen LogP contribution in [-0.4, -0.2) is 0 Å². The first-order valence-electron chi connectivity index (χ1n) is 20.9. The van der Waals surface area contributed by atoms with Crippen molar-refractivity contribution in [1.29, 1.82) is 0 Å². The Morgan fingerprint density at radius 3 is 1.58 bits per heavy atom. The molecule has 0 radical (unpaired) electrons. The van der Waals surface area contributed by atoms with Gasteiger partial charge < -0.3 is 4.90 Å². The molecule has 0 heterocycles. The first-order valence-corrected chi connectivity index (χ1v) is 20.9. The molecule has 0 aliphatic heterocycles. The van der Waals surface area contributed by atoms with E-state index in [1.807, 2.05) is 0 Å². The van der Waals surface area contributed by atoms with E-state index in [1.54, 1.807) is 0 Å². The minimum absolute atomic E-state index is 0.577. The van der Waals surface area contributed by atoms with Crippen molar-refractivity contribution in [3.05, 3.63) is 247 Å². The van der Waals surface area contributed by atoms with E-state index in [-0.39, 0.29) is 0 Å². The Labute approximate surface area is 350 Å². The molecule has 1 nitrogen and oxygen atoms in total. The molecule has 0 N–H and O–H groups in total. The summed E-state index contributed by atoms with van der Waals surface area (Å²) in [5.41, 5.74) is 23.5. The SMILES string of the molecule is c1ccc(-c2ccc(N(c3cccc(-c4ccccc4)c3)c3cccc4c3C3(c5ccccc5-4)c4ccccc4-c4c3cc3c5c(cccc45)-c4ccccc4-3)cc2)cc1. The average Bonchev–Trinajstić information content (AvgIpc) is 3.93. The van der Waals surface area contributed by atoms with Gasteiger partial charge in [-0.25, -0.2) is 0 Å². The van der Waals surface area contributed by atoms with Crippen LogP contribution in [0.4, 0.5) is 17.1 Å². The van der Waals surface area contributed by atoms with Crippen molar-refractivity contribution in [2.24, 2.45) is 0 Å². The summed E-state index contributed by atoms with van der Waals surface area (Å²) in [6.07, 6.45) is 0. The number of anilines is 3. The molecule has 10 aromatic carbocycles. The van der Waals surface area contributed by atoms with E-state index < -0.39 is 5.41 Å². The second-order valence-corrected chi connectivity index (χ2v) is 16.3. The van der Waals surface area contributed by atoms with Crippen molar-refractivity contribution in [1.82, 2.24) is 0 Å². The lowest BCUT2D eigenvalue weighted by Crippen LogP contribution is -2.28. The van der Waals surface area contributed by atoms with Gasteiger partial charge in [0.1, 0.15) is 0 Å². The van der Waals surface area contributed by atoms with E-state index in [0.29, 0.717) is 0 Å². The molecule has 0 saturated carbocycles. The largest absolute Gasteiger partial charge is 0.310 e. The lowest BCUT2D eigenvalue weighted by molar-refractivity contribution is 0.794. The molecule has 1 atom stereocenters. The van der Waals surface area contributed by atoms with Gasteiger partial charge in [-0.3, -0.25) is 0 Å². The summed E-state index contributed by atoms with van der Waals surface area (Å²) in [6, 6.07) is 83.5. The first kappa shape index (κ1) is 33.3. The Bertz CT molecular complexity index is 3360. The van der Waals surface area contributed by atoms with Gasteiger partial charge in [-0.15, -0.1) is 0 Å². The quantitative estimate of drug-likeness (QED) is 0.169. The van der Waals surface area contributed by atoms with Crippen LogP contribution in [0.3, 0.4) is 0 Å². The zero-order valence-corrected chi connectivity index (χ0v) is 32.8. The highest BCUT2D eigenvalue weighted by Gasteiger charge is 2.54. The molecule has 1 heteroatoms. The Morgan fingerprint density at radius 1 is 0.300 bits per heavy atom. The van der Waals surface area contributed by atoms with E-state index in [1.165, 1.54) is 105 Å². The molecule has 278 valence electrons. The lowest BCUT2D eigenvalue weighted by atomic mass is 9.69. The summed E-state index contributed by atoms with van der Waals surface area (Å²) in [7, 11) is 0. The zero-order valence-electron chi connectivity index (χ0n) is 32.8. The number of hydrogen-bond donors (Lipinski definition) is 0. The minimum Gasteiger partial charge on any atom is -0.310 e. The fourth-order valence-corrected chi connectivity index (χ4v) is 11.0. The summed E-state index contributed by atoms with van der Waals surface area (Å²) in [4.78, 5) is 2.52. The molecule has 60 heavy (non-hydrogen) atoms. The third-order valence-corrected chi connectivity index (χ3v) is 13.4. The monoisotopic (exact) mass is 759 g/mol. The maximum atomic E-state index is 2.57. The van der Waals surface area contributed by atoms with Crippen LogP contribution >= 0.6 is 0 Å². The third kappa shape index (κ3) is 4.47. The van der Waals surface area contributed by atoms with Crippen LogP contribution in [0.5, 0.6) is 0 Å². The van der Waals surface area contributed by atoms with Crippen molar-refractivity contribution in [2.75, 3.05) is 4.90 Å². The fourth-order valence-electron chi connectivity index (χ4n) is 11.0. The first-order chi connectivity index (χ1) is 29.8. The highest BCUT2D eigenvalue weighted by molar-refractivity contribution is 6.21. The average molecular weight is 760 g/mol. The molecule has 0 aromatic heterocycles. The summed E-state index contributed by atoms with van der Waals surface area (Å²) >= 11 is 0. The molecular weight excluding hydrogens is 723 g/mol. The standard InChI is InChI=1S/C59H37N/c1-3-16-38(17-4-1)40-32-34-42(35-33-40)60(43-21-13-20-41(36-43)39-18-5-2-6-19-39)55-31-15-27-48-46-24-9-11-29-52(46)59(58(48)55)53-30-12-10-25-49(53)57-50-28-14-26-47-44-22-7-8-23-45(44)51(56(47)50)37-54(57)59/h1-37H. The van der Waals surface area contributed by atoms with Crippen LogP contribution in [-0.2, 0) is 5.41 Å². The second-order valence-electron chi connectivity index (χ2n) is 16.3. The van der Waals surface area contributed by atoms with Crippen LogP contribution in [0.1, 0.15) is 22.3 Å². The molecule has 10 aromatic rings. The van der Waals surface area contributed by atoms with Gasteiger partial charge in [-0.2, -0.15) is 0 Å². The Hall–Kier alpha value is -7.74. The van der Waals surface area contributed by atoms with Crippen LogP contribution in [0, 0.1) is 0 Å². The van der Waals surface area contributed by atoms with Crippen LogP contribution < -0.4 is 4.90 Å². The Morgan fingerprint density at radius 2 is 0.833 bits per heavy atom. The normalized spacial score (nSPS) is 14.7. The van der Waals surface area contributed by atoms with Crippen LogP contribution in [0.25, 0.3) is 77.5 Å². The molecule has 3 aliphatic rings. The van der Waals surface area contributed by atoms with Gasteiger partial charge in [0.05, 0.1) is 11.1 Å². The van der Waals surface area contributed by atoms with E-state index in [9.17, 15) is 0 Å². The molecule has 1 unspecified atom stereocenters. The topological polar surface area (TPSA) is 3.24 Å². The van der Waals surface area contributed by atoms with Gasteiger partial charge >= 0.3 is 0 Å². The van der Waals surface area contributed by atoms with Gasteiger partial charge in [0.25, 0.3) is 0 Å². The summed E-state index contributed by atoms with van der Waals surface area (Å²) in [6.45, 7) is 0. The highest BCUT2D eigenvalue weighted by atomic mass is 15.1. The van der Waals surface area contributed by atoms with Crippen LogP contribution in [0.2, 0.25) is 0 Å². The van der Waals surface area contributed by atoms with Crippen molar-refractivity contribution < 1.29 is 0 Å². The predicted octanol–water partition coefficient (Wildman–Crippen LogP) is 15.6. The van der Waals surface area contributed by atoms with Crippen molar-refractivity contribution in [3.8, 4) is 66.8 Å². The molecule has 3 aliphatic carbocycles. The van der Waals surface area contributed by atoms with Crippen molar-refractivity contribution in [2.45, 2.75) is 5.41 Å². The molecule has 0 bridgehead atoms. The highest BCUT2D eigenvalue weighted by Crippen LogP contribution is 2.67. The Kier molecular flexibility index (Phi) is 7.00. The number of rotatable bonds is 5. The molecule has 1 spiro atoms. The van der Waals surface area contributed by atoms with E-state index >= 15 is 0 Å². The third-order valence-electron chi connectivity index (χ3n) is 13.4. The van der Waals surface area contributed by atoms with Gasteiger partial charge in [0.2, 0.25) is 0 Å². The smallest absolute Gasteiger partial charge is 0.0746 e. The summed E-state index contributed by atoms with van der Waals surface area (Å²) in [5.74, 6) is 0. The van der Waals surface area contributed by atoms with Gasteiger partial charge in [-0.05, 0) is 131 Å². The fraction of sp³-hybridized carbons (Fsp3) is 0.0169. The van der Waals surface area contributed by atoms with Gasteiger partial charge in [0.15, 0.2) is 0 Å². The van der Waals surface area contributed by atoms with E-state index in [0.717, 1.165) is 11.4 Å². The predicted molar refractivity (Wildman–Crippen MR) is 250 cm³/mol. The Balaban J connectivity index is 1.14. The molecule has 13 rings (SSSR count). The molecule has 0 saturated heterocycles. The van der Waals surface area contributed by atoms with Gasteiger partial charge in [0, 0.05) is 16.9 Å². The van der Waals surface area contributed by atoms with E-state index in [4.69, 9.17) is 0 Å². The maximum Gasteiger partial charge on any atom is 0.0746 e. The van der Waals surface area contributed by atoms with Crippen molar-refractivity contribution in [3.63, 3.8) is 0 Å². The molecule has 0 fully saturated rings. The maximum absolute atomic E-state index is 2.57. The summed E-state index contributed by atoms with van der Waals surface area (Å²) < 4.78 is 0. The van der Waals surface area contributed by atoms with Gasteiger partial charge in [-0.1, -0.05) is 188 Å². The molecular formula is C59H37N. The second kappa shape index (κ2) is 12.6. The number of hydrogen-bond acceptors (Lipinski definition) is 1. The van der Waals surface area contributed by atoms with E-state index in [2.05, 4.69) is 229 Å².